The molecule has 1 aromatic heterocycles. The lowest BCUT2D eigenvalue weighted by Crippen LogP contribution is -2.22. The number of benzene rings is 3. The molecule has 0 fully saturated rings. The van der Waals surface area contributed by atoms with Gasteiger partial charge in [0.15, 0.2) is 0 Å². The van der Waals surface area contributed by atoms with Gasteiger partial charge >= 0.3 is 5.97 Å². The van der Waals surface area contributed by atoms with Gasteiger partial charge in [-0.25, -0.2) is 0 Å². The second kappa shape index (κ2) is 11.3. The zero-order valence-electron chi connectivity index (χ0n) is 17.6. The van der Waals surface area contributed by atoms with Crippen molar-refractivity contribution in [2.75, 3.05) is 13.2 Å². The summed E-state index contributed by atoms with van der Waals surface area (Å²) in [4.78, 5) is 10.8. The zero-order valence-corrected chi connectivity index (χ0v) is 18.4. The van der Waals surface area contributed by atoms with Gasteiger partial charge in [-0.05, 0) is 34.0 Å². The van der Waals surface area contributed by atoms with Gasteiger partial charge in [0.05, 0.1) is 19.7 Å². The van der Waals surface area contributed by atoms with Gasteiger partial charge in [-0.2, -0.15) is 5.10 Å². The molecule has 0 aliphatic carbocycles. The molecule has 3 aromatic carbocycles. The number of carbonyl (C=O) groups is 1. The predicted molar refractivity (Wildman–Crippen MR) is 128 cm³/mol. The van der Waals surface area contributed by atoms with Crippen LogP contribution in [0.15, 0.2) is 79.1 Å². The summed E-state index contributed by atoms with van der Waals surface area (Å²) in [5, 5.41) is 18.5. The van der Waals surface area contributed by atoms with Gasteiger partial charge < -0.3 is 15.2 Å². The van der Waals surface area contributed by atoms with Gasteiger partial charge in [0.2, 0.25) is 0 Å². The Morgan fingerprint density at radius 1 is 1.00 bits per heavy atom. The van der Waals surface area contributed by atoms with Crippen LogP contribution < -0.4 is 10.1 Å². The smallest absolute Gasteiger partial charge is 0.317 e. The number of fused-ring (bicyclic) bond motifs is 1. The van der Waals surface area contributed by atoms with Crippen LogP contribution in [0.3, 0.4) is 0 Å². The largest absolute Gasteiger partial charge is 0.493 e. The van der Waals surface area contributed by atoms with Gasteiger partial charge in [-0.3, -0.25) is 9.48 Å². The molecule has 7 heteroatoms. The molecular weight excluding hydrogens is 426 g/mol. The SMILES string of the molecule is Cl.O=C(O)CNCc1ccc(Cn2cccn2)cc1OCCc1ccc2ccccc2c1. The Kier molecular flexibility index (Phi) is 8.25. The number of nitrogens with one attached hydrogen (secondary N) is 1. The summed E-state index contributed by atoms with van der Waals surface area (Å²) in [7, 11) is 0. The molecule has 4 rings (SSSR count). The predicted octanol–water partition coefficient (Wildman–Crippen LogP) is 4.30. The van der Waals surface area contributed by atoms with Crippen LogP contribution >= 0.6 is 12.4 Å². The summed E-state index contributed by atoms with van der Waals surface area (Å²) < 4.78 is 8.01. The first-order valence-corrected chi connectivity index (χ1v) is 10.3. The van der Waals surface area contributed by atoms with Gasteiger partial charge in [0, 0.05) is 30.9 Å². The summed E-state index contributed by atoms with van der Waals surface area (Å²) in [6.07, 6.45) is 4.46. The fourth-order valence-corrected chi connectivity index (χ4v) is 3.54. The van der Waals surface area contributed by atoms with Crippen molar-refractivity contribution >= 4 is 29.1 Å². The Bertz CT molecular complexity index is 1160. The molecule has 0 saturated heterocycles. The molecule has 166 valence electrons. The van der Waals surface area contributed by atoms with Crippen molar-refractivity contribution in [2.24, 2.45) is 0 Å². The van der Waals surface area contributed by atoms with Gasteiger partial charge in [-0.15, -0.1) is 12.4 Å². The number of hydrogen-bond donors (Lipinski definition) is 2. The molecule has 0 bridgehead atoms. The van der Waals surface area contributed by atoms with E-state index in [0.717, 1.165) is 23.3 Å². The highest BCUT2D eigenvalue weighted by Gasteiger charge is 2.08. The molecule has 0 aliphatic heterocycles. The molecule has 0 unspecified atom stereocenters. The van der Waals surface area contributed by atoms with Gasteiger partial charge in [0.25, 0.3) is 0 Å². The van der Waals surface area contributed by atoms with Crippen molar-refractivity contribution in [3.63, 3.8) is 0 Å². The molecule has 0 saturated carbocycles. The molecular formula is C25H26ClN3O3. The second-order valence-electron chi connectivity index (χ2n) is 7.42. The molecule has 32 heavy (non-hydrogen) atoms. The van der Waals surface area contributed by atoms with E-state index in [4.69, 9.17) is 9.84 Å². The number of rotatable bonds is 10. The molecule has 0 spiro atoms. The summed E-state index contributed by atoms with van der Waals surface area (Å²) in [6.45, 7) is 1.53. The molecule has 0 radical (unpaired) electrons. The van der Waals surface area contributed by atoms with Crippen molar-refractivity contribution in [3.8, 4) is 5.75 Å². The number of nitrogens with zero attached hydrogens (tertiary/aromatic N) is 2. The summed E-state index contributed by atoms with van der Waals surface area (Å²) in [6, 6.07) is 22.7. The number of halogens is 1. The topological polar surface area (TPSA) is 76.4 Å². The highest BCUT2D eigenvalue weighted by Crippen LogP contribution is 2.22. The fourth-order valence-electron chi connectivity index (χ4n) is 3.54. The van der Waals surface area contributed by atoms with Crippen LogP contribution in [-0.2, 0) is 24.3 Å². The van der Waals surface area contributed by atoms with E-state index in [2.05, 4.69) is 40.7 Å². The average molecular weight is 452 g/mol. The van der Waals surface area contributed by atoms with E-state index < -0.39 is 5.97 Å². The van der Waals surface area contributed by atoms with E-state index in [1.807, 2.05) is 47.3 Å². The van der Waals surface area contributed by atoms with Crippen LogP contribution in [0.25, 0.3) is 10.8 Å². The standard InChI is InChI=1S/C25H25N3O3.ClH/c29-25(30)17-26-16-23-9-7-20(18-28-12-3-11-27-28)15-24(23)31-13-10-19-6-8-21-4-1-2-5-22(21)14-19;/h1-9,11-12,14-15,26H,10,13,16-18H2,(H,29,30);1H. The minimum atomic E-state index is -0.880. The first-order valence-electron chi connectivity index (χ1n) is 10.3. The van der Waals surface area contributed by atoms with Crippen molar-refractivity contribution in [1.29, 1.82) is 0 Å². The van der Waals surface area contributed by atoms with E-state index in [0.29, 0.717) is 19.7 Å². The van der Waals surface area contributed by atoms with Crippen LogP contribution in [0.2, 0.25) is 0 Å². The molecule has 0 aliphatic rings. The van der Waals surface area contributed by atoms with Crippen molar-refractivity contribution in [2.45, 2.75) is 19.5 Å². The third-order valence-electron chi connectivity index (χ3n) is 5.09. The van der Waals surface area contributed by atoms with E-state index in [9.17, 15) is 4.79 Å². The molecule has 4 aromatic rings. The Balaban J connectivity index is 0.00000289. The minimum absolute atomic E-state index is 0. The highest BCUT2D eigenvalue weighted by atomic mass is 35.5. The van der Waals surface area contributed by atoms with E-state index in [1.54, 1.807) is 6.20 Å². The quantitative estimate of drug-likeness (QED) is 0.376. The zero-order chi connectivity index (χ0) is 21.5. The van der Waals surface area contributed by atoms with Crippen LogP contribution in [0, 0.1) is 0 Å². The fraction of sp³-hybridized carbons (Fsp3) is 0.200. The lowest BCUT2D eigenvalue weighted by atomic mass is 10.1. The Hall–Kier alpha value is -3.35. The lowest BCUT2D eigenvalue weighted by Gasteiger charge is -2.14. The summed E-state index contributed by atoms with van der Waals surface area (Å²) in [5.41, 5.74) is 3.23. The van der Waals surface area contributed by atoms with Crippen LogP contribution in [-0.4, -0.2) is 34.0 Å². The van der Waals surface area contributed by atoms with Crippen LogP contribution in [0.5, 0.6) is 5.75 Å². The number of carboxylic acid groups (broad SMARTS) is 1. The highest BCUT2D eigenvalue weighted by molar-refractivity contribution is 5.85. The summed E-state index contributed by atoms with van der Waals surface area (Å²) in [5.74, 6) is -0.114. The average Bonchev–Trinajstić information content (AvgIpc) is 3.28. The number of aromatic nitrogens is 2. The van der Waals surface area contributed by atoms with E-state index >= 15 is 0 Å². The summed E-state index contributed by atoms with van der Waals surface area (Å²) >= 11 is 0. The van der Waals surface area contributed by atoms with Crippen LogP contribution in [0.4, 0.5) is 0 Å². The van der Waals surface area contributed by atoms with E-state index in [-0.39, 0.29) is 19.0 Å². The number of aliphatic carboxylic acids is 1. The maximum absolute atomic E-state index is 10.8. The third kappa shape index (κ3) is 6.33. The van der Waals surface area contributed by atoms with Crippen molar-refractivity contribution in [3.05, 3.63) is 95.8 Å². The molecule has 2 N–H and O–H groups in total. The van der Waals surface area contributed by atoms with Gasteiger partial charge in [-0.1, -0.05) is 54.6 Å². The lowest BCUT2D eigenvalue weighted by molar-refractivity contribution is -0.136. The second-order valence-corrected chi connectivity index (χ2v) is 7.42. The van der Waals surface area contributed by atoms with Crippen LogP contribution in [0.1, 0.15) is 16.7 Å². The first-order chi connectivity index (χ1) is 15.2. The number of ether oxygens (including phenoxy) is 1. The monoisotopic (exact) mass is 451 g/mol. The number of carboxylic acids is 1. The molecule has 6 nitrogen and oxygen atoms in total. The third-order valence-corrected chi connectivity index (χ3v) is 5.09. The Morgan fingerprint density at radius 2 is 1.81 bits per heavy atom. The first kappa shape index (κ1) is 23.3. The van der Waals surface area contributed by atoms with Crippen molar-refractivity contribution < 1.29 is 14.6 Å². The van der Waals surface area contributed by atoms with Crippen molar-refractivity contribution in [1.82, 2.24) is 15.1 Å². The maximum atomic E-state index is 10.8. The minimum Gasteiger partial charge on any atom is -0.493 e. The van der Waals surface area contributed by atoms with Gasteiger partial charge in [0.1, 0.15) is 5.75 Å². The number of hydrogen-bond acceptors (Lipinski definition) is 4. The maximum Gasteiger partial charge on any atom is 0.317 e. The van der Waals surface area contributed by atoms with E-state index in [1.165, 1.54) is 16.3 Å². The Labute approximate surface area is 193 Å². The Morgan fingerprint density at radius 3 is 2.59 bits per heavy atom. The molecule has 1 heterocycles. The molecule has 0 atom stereocenters. The normalized spacial score (nSPS) is 10.6. The molecule has 0 amide bonds.